The van der Waals surface area contributed by atoms with Gasteiger partial charge in [0.15, 0.2) is 0 Å². The number of imidazole rings is 1. The highest BCUT2D eigenvalue weighted by atomic mass is 16.1. The van der Waals surface area contributed by atoms with Crippen LogP contribution >= 0.6 is 0 Å². The lowest BCUT2D eigenvalue weighted by Crippen LogP contribution is -2.43. The zero-order chi connectivity index (χ0) is 20.9. The summed E-state index contributed by atoms with van der Waals surface area (Å²) in [6.07, 6.45) is 8.94. The van der Waals surface area contributed by atoms with Crippen LogP contribution in [0.5, 0.6) is 0 Å². The molecule has 1 amide bonds. The Hall–Kier alpha value is -3.22. The van der Waals surface area contributed by atoms with Crippen molar-refractivity contribution in [2.45, 2.75) is 52.1 Å². The lowest BCUT2D eigenvalue weighted by molar-refractivity contribution is -0.121. The number of carbonyl (C=O) groups excluding carboxylic acids is 1. The lowest BCUT2D eigenvalue weighted by Gasteiger charge is -2.36. The Morgan fingerprint density at radius 3 is 2.90 bits per heavy atom. The number of amides is 1. The number of aromatic nitrogens is 4. The first-order chi connectivity index (χ1) is 14.6. The molecule has 0 saturated carbocycles. The van der Waals surface area contributed by atoms with Crippen molar-refractivity contribution in [2.24, 2.45) is 0 Å². The molecule has 1 saturated heterocycles. The summed E-state index contributed by atoms with van der Waals surface area (Å²) in [6.45, 7) is 5.49. The van der Waals surface area contributed by atoms with Gasteiger partial charge in [-0.05, 0) is 38.7 Å². The van der Waals surface area contributed by atoms with Gasteiger partial charge in [-0.2, -0.15) is 4.98 Å². The average molecular weight is 405 g/mol. The number of aryl methyl sites for hydroxylation is 2. The summed E-state index contributed by atoms with van der Waals surface area (Å²) in [5, 5.41) is 3.08. The first-order valence-corrected chi connectivity index (χ1v) is 10.5. The van der Waals surface area contributed by atoms with Crippen LogP contribution in [0.3, 0.4) is 0 Å². The minimum atomic E-state index is 0.0778. The maximum Gasteiger partial charge on any atom is 0.237 e. The molecule has 2 aromatic heterocycles. The zero-order valence-corrected chi connectivity index (χ0v) is 17.6. The largest absolute Gasteiger partial charge is 0.353 e. The molecule has 1 fully saturated rings. The van der Waals surface area contributed by atoms with Gasteiger partial charge in [-0.25, -0.2) is 9.97 Å². The van der Waals surface area contributed by atoms with Crippen molar-refractivity contribution in [2.75, 3.05) is 11.4 Å². The van der Waals surface area contributed by atoms with E-state index in [4.69, 9.17) is 4.98 Å². The average Bonchev–Trinajstić information content (AvgIpc) is 3.27. The van der Waals surface area contributed by atoms with Crippen LogP contribution in [0.25, 0.3) is 5.95 Å². The lowest BCUT2D eigenvalue weighted by atomic mass is 9.99. The van der Waals surface area contributed by atoms with E-state index in [-0.39, 0.29) is 11.9 Å². The molecule has 0 aliphatic carbocycles. The number of nitrogens with one attached hydrogen (secondary N) is 1. The predicted octanol–water partition coefficient (Wildman–Crippen LogP) is 3.34. The molecule has 30 heavy (non-hydrogen) atoms. The summed E-state index contributed by atoms with van der Waals surface area (Å²) < 4.78 is 1.81. The third-order valence-corrected chi connectivity index (χ3v) is 5.48. The number of nitrogens with zero attached hydrogens (tertiary/aromatic N) is 5. The van der Waals surface area contributed by atoms with E-state index in [0.29, 0.717) is 18.9 Å². The van der Waals surface area contributed by atoms with Crippen molar-refractivity contribution in [3.05, 3.63) is 65.9 Å². The van der Waals surface area contributed by atoms with Crippen molar-refractivity contribution in [1.82, 2.24) is 24.8 Å². The first-order valence-electron chi connectivity index (χ1n) is 10.5. The fourth-order valence-electron chi connectivity index (χ4n) is 4.00. The summed E-state index contributed by atoms with van der Waals surface area (Å²) >= 11 is 0. The van der Waals surface area contributed by atoms with E-state index >= 15 is 0 Å². The number of hydrogen-bond donors (Lipinski definition) is 1. The Morgan fingerprint density at radius 1 is 1.20 bits per heavy atom. The summed E-state index contributed by atoms with van der Waals surface area (Å²) in [5.41, 5.74) is 3.23. The van der Waals surface area contributed by atoms with E-state index in [1.165, 1.54) is 5.56 Å². The van der Waals surface area contributed by atoms with Crippen LogP contribution in [0.2, 0.25) is 0 Å². The standard InChI is InChI=1S/C23H28N6O/c1-17-6-5-7-19(12-17)15-25-22(30)14-20-8-3-4-10-29(20)21-13-18(2)26-23(27-21)28-11-9-24-16-28/h5-7,9,11-13,16,20H,3-4,8,10,14-15H2,1-2H3,(H,25,30). The van der Waals surface area contributed by atoms with Gasteiger partial charge in [0, 0.05) is 49.7 Å². The molecule has 1 aliphatic heterocycles. The minimum absolute atomic E-state index is 0.0778. The molecule has 4 rings (SSSR count). The molecule has 1 atom stereocenters. The van der Waals surface area contributed by atoms with Crippen LogP contribution in [0.4, 0.5) is 5.82 Å². The van der Waals surface area contributed by atoms with Crippen LogP contribution in [0.15, 0.2) is 49.1 Å². The molecule has 1 unspecified atom stereocenters. The Morgan fingerprint density at radius 2 is 2.10 bits per heavy atom. The van der Waals surface area contributed by atoms with Gasteiger partial charge in [0.05, 0.1) is 0 Å². The maximum atomic E-state index is 12.7. The van der Waals surface area contributed by atoms with Gasteiger partial charge in [0.2, 0.25) is 11.9 Å². The molecule has 0 spiro atoms. The normalized spacial score (nSPS) is 16.5. The van der Waals surface area contributed by atoms with Gasteiger partial charge >= 0.3 is 0 Å². The summed E-state index contributed by atoms with van der Waals surface area (Å²) in [4.78, 5) is 28.3. The molecule has 0 bridgehead atoms. The van der Waals surface area contributed by atoms with Gasteiger partial charge in [-0.1, -0.05) is 29.8 Å². The van der Waals surface area contributed by atoms with E-state index in [9.17, 15) is 4.79 Å². The molecule has 3 heterocycles. The molecule has 7 nitrogen and oxygen atoms in total. The molecule has 7 heteroatoms. The first kappa shape index (κ1) is 20.1. The Bertz CT molecular complexity index is 1000. The molecule has 0 radical (unpaired) electrons. The summed E-state index contributed by atoms with van der Waals surface area (Å²) in [7, 11) is 0. The van der Waals surface area contributed by atoms with Crippen LogP contribution in [0.1, 0.15) is 42.5 Å². The number of benzene rings is 1. The van der Waals surface area contributed by atoms with Crippen molar-refractivity contribution in [3.8, 4) is 5.95 Å². The van der Waals surface area contributed by atoms with Gasteiger partial charge in [-0.15, -0.1) is 0 Å². The van der Waals surface area contributed by atoms with Crippen LogP contribution in [0, 0.1) is 13.8 Å². The smallest absolute Gasteiger partial charge is 0.237 e. The van der Waals surface area contributed by atoms with Gasteiger partial charge in [-0.3, -0.25) is 9.36 Å². The van der Waals surface area contributed by atoms with Crippen molar-refractivity contribution in [3.63, 3.8) is 0 Å². The third kappa shape index (κ3) is 4.84. The van der Waals surface area contributed by atoms with Gasteiger partial charge in [0.25, 0.3) is 0 Å². The highest BCUT2D eigenvalue weighted by Gasteiger charge is 2.26. The second-order valence-electron chi connectivity index (χ2n) is 7.95. The van der Waals surface area contributed by atoms with Gasteiger partial charge < -0.3 is 10.2 Å². The summed E-state index contributed by atoms with van der Waals surface area (Å²) in [5.74, 6) is 1.56. The Kier molecular flexibility index (Phi) is 6.07. The highest BCUT2D eigenvalue weighted by Crippen LogP contribution is 2.26. The van der Waals surface area contributed by atoms with Crippen LogP contribution in [-0.4, -0.2) is 38.0 Å². The number of anilines is 1. The van der Waals surface area contributed by atoms with Crippen molar-refractivity contribution in [1.29, 1.82) is 0 Å². The van der Waals surface area contributed by atoms with Crippen LogP contribution in [-0.2, 0) is 11.3 Å². The highest BCUT2D eigenvalue weighted by molar-refractivity contribution is 5.77. The topological polar surface area (TPSA) is 75.9 Å². The zero-order valence-electron chi connectivity index (χ0n) is 17.6. The second-order valence-corrected chi connectivity index (χ2v) is 7.95. The van der Waals surface area contributed by atoms with E-state index < -0.39 is 0 Å². The van der Waals surface area contributed by atoms with Crippen molar-refractivity contribution < 1.29 is 4.79 Å². The molecule has 1 N–H and O–H groups in total. The fraction of sp³-hybridized carbons (Fsp3) is 0.391. The Balaban J connectivity index is 1.46. The Labute approximate surface area is 177 Å². The number of carbonyl (C=O) groups is 1. The second kappa shape index (κ2) is 9.07. The molecular weight excluding hydrogens is 376 g/mol. The van der Waals surface area contributed by atoms with Crippen LogP contribution < -0.4 is 10.2 Å². The molecule has 1 aromatic carbocycles. The molecule has 156 valence electrons. The van der Waals surface area contributed by atoms with E-state index in [2.05, 4.69) is 39.2 Å². The van der Waals surface area contributed by atoms with E-state index in [1.807, 2.05) is 35.9 Å². The SMILES string of the molecule is Cc1cccc(CNC(=O)CC2CCCCN2c2cc(C)nc(-n3ccnc3)n2)c1. The molecule has 3 aromatic rings. The quantitative estimate of drug-likeness (QED) is 0.682. The summed E-state index contributed by atoms with van der Waals surface area (Å²) in [6, 6.07) is 10.4. The predicted molar refractivity (Wildman–Crippen MR) is 117 cm³/mol. The maximum absolute atomic E-state index is 12.7. The fourth-order valence-corrected chi connectivity index (χ4v) is 4.00. The monoisotopic (exact) mass is 404 g/mol. The number of piperidine rings is 1. The number of rotatable bonds is 6. The van der Waals surface area contributed by atoms with Gasteiger partial charge in [0.1, 0.15) is 12.1 Å². The van der Waals surface area contributed by atoms with E-state index in [1.54, 1.807) is 12.5 Å². The minimum Gasteiger partial charge on any atom is -0.353 e. The molecular formula is C23H28N6O. The third-order valence-electron chi connectivity index (χ3n) is 5.48. The van der Waals surface area contributed by atoms with Crippen molar-refractivity contribution >= 4 is 11.7 Å². The number of hydrogen-bond acceptors (Lipinski definition) is 5. The molecule has 1 aliphatic rings. The van der Waals surface area contributed by atoms with E-state index in [0.717, 1.165) is 42.9 Å².